The van der Waals surface area contributed by atoms with Crippen molar-refractivity contribution in [3.63, 3.8) is 0 Å². The molecule has 0 spiro atoms. The molecule has 1 saturated heterocycles. The summed E-state index contributed by atoms with van der Waals surface area (Å²) in [4.78, 5) is 0. The molecule has 1 N–H and O–H groups in total. The van der Waals surface area contributed by atoms with Crippen LogP contribution in [0.1, 0.15) is 17.9 Å². The second-order valence-electron chi connectivity index (χ2n) is 5.62. The van der Waals surface area contributed by atoms with Crippen LogP contribution in [0.15, 0.2) is 12.1 Å². The number of ether oxygens (including phenoxy) is 2. The van der Waals surface area contributed by atoms with Gasteiger partial charge in [-0.2, -0.15) is 0 Å². The number of benzene rings is 1. The first-order valence-corrected chi connectivity index (χ1v) is 8.84. The van der Waals surface area contributed by atoms with E-state index in [4.69, 9.17) is 9.47 Å². The molecular weight excluding hydrogens is 335 g/mol. The van der Waals surface area contributed by atoms with Gasteiger partial charge in [0.05, 0.1) is 12.7 Å². The minimum absolute atomic E-state index is 0.0834. The van der Waals surface area contributed by atoms with Crippen LogP contribution in [0.25, 0.3) is 0 Å². The first kappa shape index (κ1) is 16.5. The molecule has 23 heavy (non-hydrogen) atoms. The molecule has 2 aliphatic heterocycles. The molecule has 9 heteroatoms. The minimum Gasteiger partial charge on any atom is -0.490 e. The standard InChI is InChI=1S/C14H16F3NO4S/c15-7-23(19,20)18-5-12-9-6-22-14-11(17)2-1-10(16)13(14)8(9)3-4-21-12/h1-2,8-9,12,18H,3-7H2/t8?,9-,12+/m1/s1. The van der Waals surface area contributed by atoms with Crippen LogP contribution in [0.4, 0.5) is 13.2 Å². The van der Waals surface area contributed by atoms with E-state index >= 15 is 0 Å². The summed E-state index contributed by atoms with van der Waals surface area (Å²) in [6, 6.07) is 0.545. The number of fused-ring (bicyclic) bond motifs is 3. The van der Waals surface area contributed by atoms with E-state index in [1.165, 1.54) is 0 Å². The third-order valence-corrected chi connectivity index (χ3v) is 5.18. The number of alkyl halides is 1. The largest absolute Gasteiger partial charge is 0.490 e. The van der Waals surface area contributed by atoms with E-state index in [1.807, 2.05) is 0 Å². The normalized spacial score (nSPS) is 27.0. The molecule has 1 unspecified atom stereocenters. The van der Waals surface area contributed by atoms with Gasteiger partial charge in [0, 0.05) is 30.6 Å². The zero-order valence-corrected chi connectivity index (χ0v) is 12.9. The van der Waals surface area contributed by atoms with Crippen LogP contribution in [-0.4, -0.2) is 40.3 Å². The molecule has 1 aromatic carbocycles. The molecule has 5 nitrogen and oxygen atoms in total. The van der Waals surface area contributed by atoms with Crippen molar-refractivity contribution in [1.29, 1.82) is 0 Å². The maximum atomic E-state index is 14.1. The molecule has 2 heterocycles. The first-order chi connectivity index (χ1) is 10.9. The SMILES string of the molecule is O=S(=O)(CF)NC[C@@H]1OCCC2c3c(F)ccc(F)c3OC[C@H]21. The fourth-order valence-electron chi connectivity index (χ4n) is 3.20. The smallest absolute Gasteiger partial charge is 0.241 e. The highest BCUT2D eigenvalue weighted by atomic mass is 32.2. The van der Waals surface area contributed by atoms with Gasteiger partial charge in [-0.05, 0) is 18.6 Å². The molecule has 0 bridgehead atoms. The molecule has 3 rings (SSSR count). The summed E-state index contributed by atoms with van der Waals surface area (Å²) in [5.41, 5.74) is 0.169. The van der Waals surface area contributed by atoms with E-state index < -0.39 is 33.8 Å². The highest BCUT2D eigenvalue weighted by molar-refractivity contribution is 7.89. The molecule has 1 aromatic rings. The van der Waals surface area contributed by atoms with Gasteiger partial charge in [0.25, 0.3) is 0 Å². The van der Waals surface area contributed by atoms with E-state index in [0.29, 0.717) is 6.42 Å². The van der Waals surface area contributed by atoms with Gasteiger partial charge in [0.2, 0.25) is 16.0 Å². The van der Waals surface area contributed by atoms with Crippen molar-refractivity contribution in [2.45, 2.75) is 18.4 Å². The molecule has 0 radical (unpaired) electrons. The van der Waals surface area contributed by atoms with E-state index in [0.717, 1.165) is 12.1 Å². The summed E-state index contributed by atoms with van der Waals surface area (Å²) in [5, 5.41) is 0. The Morgan fingerprint density at radius 3 is 2.74 bits per heavy atom. The Morgan fingerprint density at radius 2 is 2.00 bits per heavy atom. The Kier molecular flexibility index (Phi) is 4.52. The molecule has 3 atom stereocenters. The quantitative estimate of drug-likeness (QED) is 0.897. The zero-order valence-electron chi connectivity index (χ0n) is 12.1. The number of halogens is 3. The first-order valence-electron chi connectivity index (χ1n) is 7.18. The van der Waals surface area contributed by atoms with Gasteiger partial charge in [0.15, 0.2) is 11.6 Å². The summed E-state index contributed by atoms with van der Waals surface area (Å²) in [7, 11) is -4.00. The number of nitrogens with one attached hydrogen (secondary N) is 1. The van der Waals surface area contributed by atoms with Crippen molar-refractivity contribution >= 4 is 10.0 Å². The maximum Gasteiger partial charge on any atom is 0.241 e. The van der Waals surface area contributed by atoms with E-state index in [1.54, 1.807) is 0 Å². The second-order valence-corrected chi connectivity index (χ2v) is 7.36. The van der Waals surface area contributed by atoms with E-state index in [-0.39, 0.29) is 42.9 Å². The summed E-state index contributed by atoms with van der Waals surface area (Å²) in [6.45, 7) is 0.224. The molecule has 1 fully saturated rings. The lowest BCUT2D eigenvalue weighted by atomic mass is 9.77. The highest BCUT2D eigenvalue weighted by Crippen LogP contribution is 2.45. The topological polar surface area (TPSA) is 64.6 Å². The van der Waals surface area contributed by atoms with Crippen LogP contribution < -0.4 is 9.46 Å². The van der Waals surface area contributed by atoms with Crippen molar-refractivity contribution in [3.05, 3.63) is 29.3 Å². The van der Waals surface area contributed by atoms with Gasteiger partial charge in [-0.25, -0.2) is 26.3 Å². The Labute approximate surface area is 131 Å². The highest BCUT2D eigenvalue weighted by Gasteiger charge is 2.42. The van der Waals surface area contributed by atoms with Gasteiger partial charge in [0.1, 0.15) is 5.82 Å². The zero-order chi connectivity index (χ0) is 16.6. The van der Waals surface area contributed by atoms with E-state index in [2.05, 4.69) is 4.72 Å². The van der Waals surface area contributed by atoms with Crippen LogP contribution in [0.3, 0.4) is 0 Å². The summed E-state index contributed by atoms with van der Waals surface area (Å²) >= 11 is 0. The van der Waals surface area contributed by atoms with Gasteiger partial charge in [-0.1, -0.05) is 0 Å². The van der Waals surface area contributed by atoms with Gasteiger partial charge in [-0.15, -0.1) is 0 Å². The second kappa shape index (κ2) is 6.29. The van der Waals surface area contributed by atoms with Gasteiger partial charge in [-0.3, -0.25) is 0 Å². The van der Waals surface area contributed by atoms with E-state index in [9.17, 15) is 21.6 Å². The fraction of sp³-hybridized carbons (Fsp3) is 0.571. The Balaban J connectivity index is 1.83. The molecule has 128 valence electrons. The van der Waals surface area contributed by atoms with Crippen molar-refractivity contribution in [2.24, 2.45) is 5.92 Å². The summed E-state index contributed by atoms with van der Waals surface area (Å²) in [5.74, 6) is -1.93. The Hall–Kier alpha value is -1.32. The number of hydrogen-bond acceptors (Lipinski definition) is 4. The molecule has 0 aliphatic carbocycles. The third-order valence-electron chi connectivity index (χ3n) is 4.29. The Morgan fingerprint density at radius 1 is 1.26 bits per heavy atom. The predicted octanol–water partition coefficient (Wildman–Crippen LogP) is 1.69. The molecule has 0 amide bonds. The van der Waals surface area contributed by atoms with Crippen LogP contribution >= 0.6 is 0 Å². The monoisotopic (exact) mass is 351 g/mol. The molecule has 0 aromatic heterocycles. The average molecular weight is 351 g/mol. The van der Waals surface area contributed by atoms with Crippen molar-refractivity contribution in [2.75, 3.05) is 25.8 Å². The molecule has 2 aliphatic rings. The summed E-state index contributed by atoms with van der Waals surface area (Å²) in [6.07, 6.45) is -0.112. The van der Waals surface area contributed by atoms with Crippen molar-refractivity contribution < 1.29 is 31.1 Å². The van der Waals surface area contributed by atoms with Crippen LogP contribution in [0.5, 0.6) is 5.75 Å². The lowest BCUT2D eigenvalue weighted by Gasteiger charge is -2.41. The van der Waals surface area contributed by atoms with Crippen LogP contribution in [-0.2, 0) is 14.8 Å². The lowest BCUT2D eigenvalue weighted by Crippen LogP contribution is -2.47. The molecule has 0 saturated carbocycles. The minimum atomic E-state index is -4.00. The van der Waals surface area contributed by atoms with Gasteiger partial charge < -0.3 is 9.47 Å². The maximum absolute atomic E-state index is 14.1. The fourth-order valence-corrected chi connectivity index (χ4v) is 3.70. The Bertz CT molecular complexity index is 698. The van der Waals surface area contributed by atoms with Crippen molar-refractivity contribution in [1.82, 2.24) is 4.72 Å². The molecular formula is C14H16F3NO4S. The predicted molar refractivity (Wildman–Crippen MR) is 75.3 cm³/mol. The summed E-state index contributed by atoms with van der Waals surface area (Å²) < 4.78 is 75.7. The van der Waals surface area contributed by atoms with Crippen LogP contribution in [0, 0.1) is 17.6 Å². The average Bonchev–Trinajstić information content (AvgIpc) is 2.55. The third kappa shape index (κ3) is 3.17. The lowest BCUT2D eigenvalue weighted by molar-refractivity contribution is -0.0568. The van der Waals surface area contributed by atoms with Crippen LogP contribution in [0.2, 0.25) is 0 Å². The van der Waals surface area contributed by atoms with Crippen molar-refractivity contribution in [3.8, 4) is 5.75 Å². The number of rotatable bonds is 4. The number of sulfonamides is 1. The van der Waals surface area contributed by atoms with Gasteiger partial charge >= 0.3 is 0 Å². The number of hydrogen-bond donors (Lipinski definition) is 1.